The molecule has 2 heterocycles. The number of hydrogen-bond acceptors (Lipinski definition) is 5. The first kappa shape index (κ1) is 14.0. The SMILES string of the molecule is C[C@@H](NCCc1nnc(-c2ccccc2)o1)c1cccs1. The van der Waals surface area contributed by atoms with Crippen LogP contribution in [0.25, 0.3) is 11.5 Å². The molecule has 0 aliphatic heterocycles. The molecule has 3 aromatic rings. The molecule has 0 aliphatic carbocycles. The number of nitrogens with one attached hydrogen (secondary N) is 1. The number of hydrogen-bond donors (Lipinski definition) is 1. The molecular formula is C16H17N3OS. The number of thiophene rings is 1. The average molecular weight is 299 g/mol. The number of rotatable bonds is 6. The highest BCUT2D eigenvalue weighted by Crippen LogP contribution is 2.19. The first-order valence-corrected chi connectivity index (χ1v) is 7.85. The van der Waals surface area contributed by atoms with Crippen molar-refractivity contribution in [2.45, 2.75) is 19.4 Å². The van der Waals surface area contributed by atoms with Gasteiger partial charge in [0.25, 0.3) is 0 Å². The van der Waals surface area contributed by atoms with Gasteiger partial charge in [0.1, 0.15) is 0 Å². The van der Waals surface area contributed by atoms with E-state index in [1.165, 1.54) is 4.88 Å². The van der Waals surface area contributed by atoms with E-state index >= 15 is 0 Å². The lowest BCUT2D eigenvalue weighted by Crippen LogP contribution is -2.20. The van der Waals surface area contributed by atoms with Crippen LogP contribution >= 0.6 is 11.3 Å². The van der Waals surface area contributed by atoms with Crippen molar-refractivity contribution in [2.75, 3.05) is 6.54 Å². The van der Waals surface area contributed by atoms with Crippen LogP contribution < -0.4 is 5.32 Å². The summed E-state index contributed by atoms with van der Waals surface area (Å²) >= 11 is 1.76. The molecule has 3 rings (SSSR count). The highest BCUT2D eigenvalue weighted by Gasteiger charge is 2.09. The van der Waals surface area contributed by atoms with E-state index in [1.807, 2.05) is 30.3 Å². The van der Waals surface area contributed by atoms with Gasteiger partial charge >= 0.3 is 0 Å². The van der Waals surface area contributed by atoms with Gasteiger partial charge in [0.2, 0.25) is 11.8 Å². The van der Waals surface area contributed by atoms with Crippen LogP contribution in [0.2, 0.25) is 0 Å². The van der Waals surface area contributed by atoms with Crippen molar-refractivity contribution in [3.63, 3.8) is 0 Å². The molecule has 0 amide bonds. The zero-order valence-corrected chi connectivity index (χ0v) is 12.6. The maximum Gasteiger partial charge on any atom is 0.247 e. The average Bonchev–Trinajstić information content (AvgIpc) is 3.20. The quantitative estimate of drug-likeness (QED) is 0.754. The molecule has 5 heteroatoms. The molecule has 108 valence electrons. The summed E-state index contributed by atoms with van der Waals surface area (Å²) in [5, 5.41) is 13.7. The van der Waals surface area contributed by atoms with Crippen molar-refractivity contribution in [3.05, 3.63) is 58.6 Å². The van der Waals surface area contributed by atoms with Crippen LogP contribution in [0.15, 0.2) is 52.3 Å². The Bertz CT molecular complexity index is 664. The lowest BCUT2D eigenvalue weighted by molar-refractivity contribution is 0.483. The molecule has 0 saturated heterocycles. The van der Waals surface area contributed by atoms with Crippen LogP contribution in [0.5, 0.6) is 0 Å². The molecular weight excluding hydrogens is 282 g/mol. The number of nitrogens with zero attached hydrogens (tertiary/aromatic N) is 2. The minimum absolute atomic E-state index is 0.349. The molecule has 0 fully saturated rings. The molecule has 0 aliphatic rings. The van der Waals surface area contributed by atoms with E-state index in [0.29, 0.717) is 17.8 Å². The van der Waals surface area contributed by atoms with Crippen LogP contribution in [0.3, 0.4) is 0 Å². The Labute approximate surface area is 127 Å². The molecule has 21 heavy (non-hydrogen) atoms. The molecule has 0 saturated carbocycles. The Hall–Kier alpha value is -1.98. The Balaban J connectivity index is 1.54. The maximum atomic E-state index is 5.68. The standard InChI is InChI=1S/C16H17N3OS/c1-12(14-8-5-11-21-14)17-10-9-15-18-19-16(20-15)13-6-3-2-4-7-13/h2-8,11-12,17H,9-10H2,1H3/t12-/m1/s1. The van der Waals surface area contributed by atoms with E-state index in [1.54, 1.807) is 11.3 Å². The van der Waals surface area contributed by atoms with E-state index in [0.717, 1.165) is 18.5 Å². The van der Waals surface area contributed by atoms with Gasteiger partial charge in [-0.2, -0.15) is 0 Å². The largest absolute Gasteiger partial charge is 0.421 e. The Morgan fingerprint density at radius 3 is 2.76 bits per heavy atom. The molecule has 0 spiro atoms. The zero-order chi connectivity index (χ0) is 14.5. The second-order valence-electron chi connectivity index (χ2n) is 4.81. The summed E-state index contributed by atoms with van der Waals surface area (Å²) in [5.74, 6) is 1.25. The van der Waals surface area contributed by atoms with E-state index < -0.39 is 0 Å². The summed E-state index contributed by atoms with van der Waals surface area (Å²) in [5.41, 5.74) is 0.955. The van der Waals surface area contributed by atoms with Crippen molar-refractivity contribution in [1.82, 2.24) is 15.5 Å². The van der Waals surface area contributed by atoms with Gasteiger partial charge in [0.15, 0.2) is 0 Å². The summed E-state index contributed by atoms with van der Waals surface area (Å²) in [6.07, 6.45) is 0.732. The molecule has 4 nitrogen and oxygen atoms in total. The fraction of sp³-hybridized carbons (Fsp3) is 0.250. The molecule has 0 radical (unpaired) electrons. The summed E-state index contributed by atoms with van der Waals surface area (Å²) < 4.78 is 5.68. The van der Waals surface area contributed by atoms with Gasteiger partial charge in [0.05, 0.1) is 0 Å². The summed E-state index contributed by atoms with van der Waals surface area (Å²) in [7, 11) is 0. The van der Waals surface area contributed by atoms with Crippen molar-refractivity contribution < 1.29 is 4.42 Å². The predicted molar refractivity (Wildman–Crippen MR) is 84.2 cm³/mol. The lowest BCUT2D eigenvalue weighted by Gasteiger charge is -2.10. The van der Waals surface area contributed by atoms with Gasteiger partial charge in [0, 0.05) is 29.4 Å². The highest BCUT2D eigenvalue weighted by molar-refractivity contribution is 7.10. The second-order valence-corrected chi connectivity index (χ2v) is 5.79. The predicted octanol–water partition coefficient (Wildman–Crippen LogP) is 3.69. The van der Waals surface area contributed by atoms with Crippen molar-refractivity contribution in [3.8, 4) is 11.5 Å². The fourth-order valence-corrected chi connectivity index (χ4v) is 2.84. The second kappa shape index (κ2) is 6.65. The van der Waals surface area contributed by atoms with Crippen LogP contribution in [0.4, 0.5) is 0 Å². The summed E-state index contributed by atoms with van der Waals surface area (Å²) in [6, 6.07) is 14.4. The molecule has 1 aromatic carbocycles. The van der Waals surface area contributed by atoms with Gasteiger partial charge in [-0.05, 0) is 30.5 Å². The molecule has 1 N–H and O–H groups in total. The monoisotopic (exact) mass is 299 g/mol. The Kier molecular flexibility index (Phi) is 4.43. The van der Waals surface area contributed by atoms with Gasteiger partial charge in [-0.15, -0.1) is 21.5 Å². The zero-order valence-electron chi connectivity index (χ0n) is 11.8. The van der Waals surface area contributed by atoms with E-state index in [-0.39, 0.29) is 0 Å². The van der Waals surface area contributed by atoms with Crippen molar-refractivity contribution >= 4 is 11.3 Å². The first-order valence-electron chi connectivity index (χ1n) is 6.97. The molecule has 2 aromatic heterocycles. The molecule has 1 atom stereocenters. The number of aromatic nitrogens is 2. The Morgan fingerprint density at radius 2 is 2.00 bits per heavy atom. The number of benzene rings is 1. The fourth-order valence-electron chi connectivity index (χ4n) is 2.09. The smallest absolute Gasteiger partial charge is 0.247 e. The van der Waals surface area contributed by atoms with Gasteiger partial charge < -0.3 is 9.73 Å². The van der Waals surface area contributed by atoms with Crippen molar-refractivity contribution in [1.29, 1.82) is 0 Å². The van der Waals surface area contributed by atoms with Crippen LogP contribution in [-0.2, 0) is 6.42 Å². The van der Waals surface area contributed by atoms with E-state index in [2.05, 4.69) is 40.0 Å². The van der Waals surface area contributed by atoms with Gasteiger partial charge in [-0.3, -0.25) is 0 Å². The minimum Gasteiger partial charge on any atom is -0.421 e. The van der Waals surface area contributed by atoms with Gasteiger partial charge in [-0.25, -0.2) is 0 Å². The maximum absolute atomic E-state index is 5.68. The van der Waals surface area contributed by atoms with E-state index in [9.17, 15) is 0 Å². The summed E-state index contributed by atoms with van der Waals surface area (Å²) in [4.78, 5) is 1.34. The molecule has 0 unspecified atom stereocenters. The van der Waals surface area contributed by atoms with Crippen LogP contribution in [0, 0.1) is 0 Å². The Morgan fingerprint density at radius 1 is 1.14 bits per heavy atom. The lowest BCUT2D eigenvalue weighted by atomic mass is 10.2. The first-order chi connectivity index (χ1) is 10.3. The third-order valence-corrected chi connectivity index (χ3v) is 4.30. The normalized spacial score (nSPS) is 12.4. The van der Waals surface area contributed by atoms with Crippen LogP contribution in [0.1, 0.15) is 23.7 Å². The third-order valence-electron chi connectivity index (χ3n) is 3.25. The van der Waals surface area contributed by atoms with Crippen molar-refractivity contribution in [2.24, 2.45) is 0 Å². The topological polar surface area (TPSA) is 51.0 Å². The highest BCUT2D eigenvalue weighted by atomic mass is 32.1. The molecule has 0 bridgehead atoms. The summed E-state index contributed by atoms with van der Waals surface area (Å²) in [6.45, 7) is 2.98. The van der Waals surface area contributed by atoms with Crippen LogP contribution in [-0.4, -0.2) is 16.7 Å². The third kappa shape index (κ3) is 3.56. The minimum atomic E-state index is 0.349. The van der Waals surface area contributed by atoms with E-state index in [4.69, 9.17) is 4.42 Å². The van der Waals surface area contributed by atoms with Gasteiger partial charge in [-0.1, -0.05) is 24.3 Å².